The van der Waals surface area contributed by atoms with Crippen molar-refractivity contribution in [1.82, 2.24) is 0 Å². The number of aliphatic hydroxyl groups excluding tert-OH is 1. The fraction of sp³-hybridized carbons (Fsp3) is 0.636. The highest BCUT2D eigenvalue weighted by atomic mass is 79.9. The van der Waals surface area contributed by atoms with Gasteiger partial charge in [0.05, 0.1) is 10.7 Å². The highest BCUT2D eigenvalue weighted by Gasteiger charge is 2.22. The van der Waals surface area contributed by atoms with Crippen LogP contribution in [0.5, 0.6) is 0 Å². The van der Waals surface area contributed by atoms with E-state index in [1.54, 1.807) is 6.26 Å². The fourth-order valence-electron chi connectivity index (χ4n) is 1.95. The standard InChI is InChI=1S/C11H15BrO3/c12-9-3-6-15-11(9)10(13)7-8-1-4-14-5-2-8/h3,6,8,10,13H,1-2,4-5,7H2. The summed E-state index contributed by atoms with van der Waals surface area (Å²) in [5, 5.41) is 9.98. The van der Waals surface area contributed by atoms with Gasteiger partial charge in [-0.05, 0) is 47.2 Å². The number of ether oxygens (including phenoxy) is 1. The van der Waals surface area contributed by atoms with Gasteiger partial charge in [-0.15, -0.1) is 0 Å². The average Bonchev–Trinajstić information content (AvgIpc) is 2.66. The highest BCUT2D eigenvalue weighted by molar-refractivity contribution is 9.10. The molecule has 1 aliphatic rings. The quantitative estimate of drug-likeness (QED) is 0.922. The molecule has 1 saturated heterocycles. The minimum absolute atomic E-state index is 0.502. The molecule has 1 N–H and O–H groups in total. The van der Waals surface area contributed by atoms with Gasteiger partial charge in [0.1, 0.15) is 11.9 Å². The Morgan fingerprint density at radius 2 is 2.20 bits per heavy atom. The molecule has 2 heterocycles. The van der Waals surface area contributed by atoms with Crippen LogP contribution in [0.2, 0.25) is 0 Å². The van der Waals surface area contributed by atoms with E-state index >= 15 is 0 Å². The molecule has 0 aliphatic carbocycles. The van der Waals surface area contributed by atoms with Gasteiger partial charge in [-0.2, -0.15) is 0 Å². The van der Waals surface area contributed by atoms with Crippen LogP contribution in [-0.4, -0.2) is 18.3 Å². The van der Waals surface area contributed by atoms with Crippen molar-refractivity contribution in [1.29, 1.82) is 0 Å². The molecule has 1 fully saturated rings. The second kappa shape index (κ2) is 5.14. The van der Waals surface area contributed by atoms with E-state index < -0.39 is 6.10 Å². The zero-order chi connectivity index (χ0) is 10.7. The van der Waals surface area contributed by atoms with Gasteiger partial charge >= 0.3 is 0 Å². The Kier molecular flexibility index (Phi) is 3.83. The third-order valence-corrected chi connectivity index (χ3v) is 3.50. The van der Waals surface area contributed by atoms with Gasteiger partial charge in [0.15, 0.2) is 0 Å². The summed E-state index contributed by atoms with van der Waals surface area (Å²) in [6, 6.07) is 1.81. The van der Waals surface area contributed by atoms with E-state index in [4.69, 9.17) is 9.15 Å². The highest BCUT2D eigenvalue weighted by Crippen LogP contribution is 2.31. The first kappa shape index (κ1) is 11.2. The second-order valence-electron chi connectivity index (χ2n) is 3.94. The van der Waals surface area contributed by atoms with Crippen molar-refractivity contribution >= 4 is 15.9 Å². The zero-order valence-corrected chi connectivity index (χ0v) is 10.1. The van der Waals surface area contributed by atoms with Gasteiger partial charge in [-0.25, -0.2) is 0 Å². The molecular weight excluding hydrogens is 260 g/mol. The summed E-state index contributed by atoms with van der Waals surface area (Å²) in [6.45, 7) is 1.63. The molecule has 0 amide bonds. The Hall–Kier alpha value is -0.320. The Bertz CT molecular complexity index is 305. The van der Waals surface area contributed by atoms with Crippen LogP contribution in [0.3, 0.4) is 0 Å². The van der Waals surface area contributed by atoms with Crippen LogP contribution in [0.4, 0.5) is 0 Å². The van der Waals surface area contributed by atoms with Gasteiger partial charge in [-0.1, -0.05) is 0 Å². The smallest absolute Gasteiger partial charge is 0.146 e. The van der Waals surface area contributed by atoms with Crippen LogP contribution in [0.15, 0.2) is 21.2 Å². The Balaban J connectivity index is 1.91. The molecule has 4 heteroatoms. The Morgan fingerprint density at radius 1 is 1.47 bits per heavy atom. The van der Waals surface area contributed by atoms with E-state index in [1.165, 1.54) is 0 Å². The lowest BCUT2D eigenvalue weighted by atomic mass is 9.93. The molecular formula is C11H15BrO3. The Morgan fingerprint density at radius 3 is 2.80 bits per heavy atom. The first-order valence-electron chi connectivity index (χ1n) is 5.26. The first-order valence-corrected chi connectivity index (χ1v) is 6.05. The van der Waals surface area contributed by atoms with E-state index in [9.17, 15) is 5.11 Å². The lowest BCUT2D eigenvalue weighted by molar-refractivity contribution is 0.0386. The number of hydrogen-bond acceptors (Lipinski definition) is 3. The lowest BCUT2D eigenvalue weighted by Crippen LogP contribution is -2.18. The molecule has 3 nitrogen and oxygen atoms in total. The molecule has 84 valence electrons. The second-order valence-corrected chi connectivity index (χ2v) is 4.79. The van der Waals surface area contributed by atoms with Crippen molar-refractivity contribution in [2.24, 2.45) is 5.92 Å². The molecule has 0 radical (unpaired) electrons. The largest absolute Gasteiger partial charge is 0.465 e. The summed E-state index contributed by atoms with van der Waals surface area (Å²) in [6.07, 6.45) is 3.92. The van der Waals surface area contributed by atoms with Crippen LogP contribution in [-0.2, 0) is 4.74 Å². The monoisotopic (exact) mass is 274 g/mol. The third kappa shape index (κ3) is 2.83. The maximum atomic E-state index is 9.98. The molecule has 0 bridgehead atoms. The normalized spacial score (nSPS) is 20.4. The fourth-order valence-corrected chi connectivity index (χ4v) is 2.41. The molecule has 1 atom stereocenters. The number of rotatable bonds is 3. The van der Waals surface area contributed by atoms with E-state index in [0.29, 0.717) is 11.7 Å². The Labute approximate surface area is 97.5 Å². The van der Waals surface area contributed by atoms with Crippen molar-refractivity contribution < 1.29 is 14.3 Å². The van der Waals surface area contributed by atoms with Crippen molar-refractivity contribution in [2.45, 2.75) is 25.4 Å². The summed E-state index contributed by atoms with van der Waals surface area (Å²) < 4.78 is 11.4. The van der Waals surface area contributed by atoms with Crippen LogP contribution in [0.25, 0.3) is 0 Å². The molecule has 1 aliphatic heterocycles. The molecule has 0 aromatic carbocycles. The van der Waals surface area contributed by atoms with Crippen LogP contribution in [0, 0.1) is 5.92 Å². The lowest BCUT2D eigenvalue weighted by Gasteiger charge is -2.23. The van der Waals surface area contributed by atoms with Gasteiger partial charge in [0, 0.05) is 13.2 Å². The van der Waals surface area contributed by atoms with Crippen LogP contribution >= 0.6 is 15.9 Å². The topological polar surface area (TPSA) is 42.6 Å². The molecule has 1 aromatic heterocycles. The molecule has 0 saturated carbocycles. The van der Waals surface area contributed by atoms with Crippen molar-refractivity contribution in [3.05, 3.63) is 22.6 Å². The third-order valence-electron chi connectivity index (χ3n) is 2.84. The molecule has 2 rings (SSSR count). The van der Waals surface area contributed by atoms with E-state index in [0.717, 1.165) is 36.9 Å². The molecule has 0 spiro atoms. The van der Waals surface area contributed by atoms with Crippen molar-refractivity contribution in [3.8, 4) is 0 Å². The predicted octanol–water partition coefficient (Wildman–Crippen LogP) is 2.89. The molecule has 1 aromatic rings. The molecule has 1 unspecified atom stereocenters. The van der Waals surface area contributed by atoms with Crippen molar-refractivity contribution in [2.75, 3.05) is 13.2 Å². The van der Waals surface area contributed by atoms with Gasteiger partial charge in [0.25, 0.3) is 0 Å². The average molecular weight is 275 g/mol. The van der Waals surface area contributed by atoms with E-state index in [2.05, 4.69) is 15.9 Å². The summed E-state index contributed by atoms with van der Waals surface area (Å²) in [7, 11) is 0. The van der Waals surface area contributed by atoms with E-state index in [1.807, 2.05) is 6.07 Å². The van der Waals surface area contributed by atoms with Gasteiger partial charge in [-0.3, -0.25) is 0 Å². The maximum Gasteiger partial charge on any atom is 0.146 e. The summed E-state index contributed by atoms with van der Waals surface area (Å²) >= 11 is 3.35. The number of aliphatic hydroxyl groups is 1. The maximum absolute atomic E-state index is 9.98. The minimum Gasteiger partial charge on any atom is -0.465 e. The number of hydrogen-bond donors (Lipinski definition) is 1. The van der Waals surface area contributed by atoms with Crippen molar-refractivity contribution in [3.63, 3.8) is 0 Å². The summed E-state index contributed by atoms with van der Waals surface area (Å²) in [5.41, 5.74) is 0. The number of halogens is 1. The first-order chi connectivity index (χ1) is 7.27. The van der Waals surface area contributed by atoms with Crippen LogP contribution in [0.1, 0.15) is 31.1 Å². The molecule has 15 heavy (non-hydrogen) atoms. The SMILES string of the molecule is OC(CC1CCOCC1)c1occc1Br. The minimum atomic E-state index is -0.502. The number of furan rings is 1. The van der Waals surface area contributed by atoms with Gasteiger partial charge in [0.2, 0.25) is 0 Å². The van der Waals surface area contributed by atoms with Gasteiger partial charge < -0.3 is 14.3 Å². The zero-order valence-electron chi connectivity index (χ0n) is 8.49. The summed E-state index contributed by atoms with van der Waals surface area (Å²) in [4.78, 5) is 0. The van der Waals surface area contributed by atoms with E-state index in [-0.39, 0.29) is 0 Å². The predicted molar refractivity (Wildman–Crippen MR) is 59.5 cm³/mol. The summed E-state index contributed by atoms with van der Waals surface area (Å²) in [5.74, 6) is 1.19. The van der Waals surface area contributed by atoms with Crippen LogP contribution < -0.4 is 0 Å².